The third-order valence-electron chi connectivity index (χ3n) is 3.13. The van der Waals surface area contributed by atoms with Gasteiger partial charge in [0, 0.05) is 13.6 Å². The van der Waals surface area contributed by atoms with Crippen LogP contribution < -0.4 is 4.90 Å². The number of aryl methyl sites for hydroxylation is 2. The van der Waals surface area contributed by atoms with Crippen LogP contribution in [-0.2, 0) is 20.1 Å². The first kappa shape index (κ1) is 11.7. The van der Waals surface area contributed by atoms with Crippen molar-refractivity contribution in [2.45, 2.75) is 20.0 Å². The van der Waals surface area contributed by atoms with Crippen molar-refractivity contribution in [2.24, 2.45) is 7.05 Å². The quantitative estimate of drug-likeness (QED) is 0.822. The molecule has 0 atom stereocenters. The fourth-order valence-corrected chi connectivity index (χ4v) is 2.32. The minimum Gasteiger partial charge on any atom is -0.475 e. The number of carboxylic acid groups (broad SMARTS) is 1. The van der Waals surface area contributed by atoms with Gasteiger partial charge in [-0.1, -0.05) is 0 Å². The van der Waals surface area contributed by atoms with Gasteiger partial charge in [0.1, 0.15) is 0 Å². The Balaban J connectivity index is 1.90. The van der Waals surface area contributed by atoms with Crippen LogP contribution in [0.15, 0.2) is 6.07 Å². The van der Waals surface area contributed by atoms with Crippen molar-refractivity contribution in [2.75, 3.05) is 11.4 Å². The van der Waals surface area contributed by atoms with Crippen LogP contribution >= 0.6 is 0 Å². The number of fused-ring (bicyclic) bond motifs is 1. The topological polar surface area (TPSA) is 89.1 Å². The summed E-state index contributed by atoms with van der Waals surface area (Å²) in [4.78, 5) is 17.0. The maximum Gasteiger partial charge on any atom is 0.375 e. The van der Waals surface area contributed by atoms with Gasteiger partial charge in [-0.15, -0.1) is 5.10 Å². The Morgan fingerprint density at radius 2 is 2.16 bits per heavy atom. The zero-order valence-corrected chi connectivity index (χ0v) is 10.7. The number of nitrogens with zero attached hydrogens (tertiary/aromatic N) is 6. The lowest BCUT2D eigenvalue weighted by molar-refractivity contribution is 0.0683. The Labute approximate surface area is 109 Å². The van der Waals surface area contributed by atoms with E-state index in [1.807, 2.05) is 22.6 Å². The number of carboxylic acids is 1. The molecule has 0 fully saturated rings. The molecule has 1 aliphatic heterocycles. The highest BCUT2D eigenvalue weighted by Crippen LogP contribution is 2.19. The van der Waals surface area contributed by atoms with Crippen molar-refractivity contribution in [1.82, 2.24) is 24.5 Å². The van der Waals surface area contributed by atoms with Crippen LogP contribution in [0.25, 0.3) is 0 Å². The summed E-state index contributed by atoms with van der Waals surface area (Å²) in [6.07, 6.45) is 0. The normalized spacial score (nSPS) is 14.5. The minimum absolute atomic E-state index is 0.173. The van der Waals surface area contributed by atoms with Gasteiger partial charge in [0.05, 0.1) is 24.5 Å². The molecule has 2 aromatic heterocycles. The fourth-order valence-electron chi connectivity index (χ4n) is 2.32. The summed E-state index contributed by atoms with van der Waals surface area (Å²) in [5.74, 6) is -0.713. The molecule has 3 rings (SSSR count). The van der Waals surface area contributed by atoms with Crippen molar-refractivity contribution in [3.63, 3.8) is 0 Å². The zero-order valence-electron chi connectivity index (χ0n) is 10.7. The summed E-state index contributed by atoms with van der Waals surface area (Å²) in [5, 5.41) is 17.2. The first-order valence-corrected chi connectivity index (χ1v) is 5.97. The maximum absolute atomic E-state index is 10.9. The SMILES string of the molecule is Cc1cc2n(n1)CCN(c1nc(C(=O)O)nn1C)C2. The lowest BCUT2D eigenvalue weighted by Crippen LogP contribution is -2.35. The van der Waals surface area contributed by atoms with Crippen LogP contribution in [0, 0.1) is 6.92 Å². The zero-order chi connectivity index (χ0) is 13.6. The number of anilines is 1. The van der Waals surface area contributed by atoms with Gasteiger partial charge in [-0.25, -0.2) is 9.48 Å². The fraction of sp³-hybridized carbons (Fsp3) is 0.455. The van der Waals surface area contributed by atoms with Gasteiger partial charge < -0.3 is 10.0 Å². The number of hydrogen-bond acceptors (Lipinski definition) is 5. The molecule has 0 unspecified atom stereocenters. The molecule has 0 saturated heterocycles. The summed E-state index contributed by atoms with van der Waals surface area (Å²) in [5.41, 5.74) is 2.09. The molecular weight excluding hydrogens is 248 g/mol. The van der Waals surface area contributed by atoms with Crippen molar-refractivity contribution in [3.05, 3.63) is 23.3 Å². The van der Waals surface area contributed by atoms with E-state index >= 15 is 0 Å². The number of rotatable bonds is 2. The van der Waals surface area contributed by atoms with E-state index in [0.29, 0.717) is 12.5 Å². The van der Waals surface area contributed by atoms with E-state index in [9.17, 15) is 4.79 Å². The second-order valence-corrected chi connectivity index (χ2v) is 4.59. The molecule has 0 radical (unpaired) electrons. The molecule has 8 nitrogen and oxygen atoms in total. The molecule has 1 aliphatic rings. The Hall–Kier alpha value is -2.38. The van der Waals surface area contributed by atoms with Gasteiger partial charge >= 0.3 is 5.97 Å². The van der Waals surface area contributed by atoms with Gasteiger partial charge in [-0.3, -0.25) is 4.68 Å². The molecular formula is C11H14N6O2. The monoisotopic (exact) mass is 262 g/mol. The Kier molecular flexibility index (Phi) is 2.51. The highest BCUT2D eigenvalue weighted by Gasteiger charge is 2.23. The molecule has 1 N–H and O–H groups in total. The number of carbonyl (C=O) groups is 1. The van der Waals surface area contributed by atoms with Crippen LogP contribution in [0.1, 0.15) is 22.0 Å². The lowest BCUT2D eigenvalue weighted by Gasteiger charge is -2.27. The average molecular weight is 262 g/mol. The summed E-state index contributed by atoms with van der Waals surface area (Å²) >= 11 is 0. The number of aromatic nitrogens is 5. The van der Waals surface area contributed by atoms with E-state index < -0.39 is 5.97 Å². The van der Waals surface area contributed by atoms with Gasteiger partial charge in [-0.05, 0) is 13.0 Å². The molecule has 2 aromatic rings. The Morgan fingerprint density at radius 1 is 1.37 bits per heavy atom. The van der Waals surface area contributed by atoms with E-state index in [2.05, 4.69) is 15.2 Å². The summed E-state index contributed by atoms with van der Waals surface area (Å²) in [7, 11) is 1.70. The van der Waals surface area contributed by atoms with E-state index in [-0.39, 0.29) is 5.82 Å². The maximum atomic E-state index is 10.9. The van der Waals surface area contributed by atoms with E-state index in [4.69, 9.17) is 5.11 Å². The Morgan fingerprint density at radius 3 is 2.84 bits per heavy atom. The van der Waals surface area contributed by atoms with E-state index in [1.165, 1.54) is 4.68 Å². The van der Waals surface area contributed by atoms with Gasteiger partial charge in [0.2, 0.25) is 5.95 Å². The molecule has 0 aliphatic carbocycles. The van der Waals surface area contributed by atoms with Crippen molar-refractivity contribution < 1.29 is 9.90 Å². The largest absolute Gasteiger partial charge is 0.475 e. The summed E-state index contributed by atoms with van der Waals surface area (Å²) in [6.45, 7) is 4.12. The second-order valence-electron chi connectivity index (χ2n) is 4.59. The third-order valence-corrected chi connectivity index (χ3v) is 3.13. The van der Waals surface area contributed by atoms with Crippen LogP contribution in [0.4, 0.5) is 5.95 Å². The predicted molar refractivity (Wildman–Crippen MR) is 66.0 cm³/mol. The predicted octanol–water partition coefficient (Wildman–Crippen LogP) is 0.0384. The van der Waals surface area contributed by atoms with Crippen LogP contribution in [0.5, 0.6) is 0 Å². The van der Waals surface area contributed by atoms with Crippen LogP contribution in [-0.4, -0.2) is 42.2 Å². The molecule has 19 heavy (non-hydrogen) atoms. The van der Waals surface area contributed by atoms with Crippen molar-refractivity contribution >= 4 is 11.9 Å². The number of hydrogen-bond donors (Lipinski definition) is 1. The molecule has 100 valence electrons. The van der Waals surface area contributed by atoms with Crippen LogP contribution in [0.3, 0.4) is 0 Å². The van der Waals surface area contributed by atoms with Gasteiger partial charge in [0.25, 0.3) is 5.82 Å². The smallest absolute Gasteiger partial charge is 0.375 e. The van der Waals surface area contributed by atoms with E-state index in [1.54, 1.807) is 7.05 Å². The summed E-state index contributed by atoms with van der Waals surface area (Å²) < 4.78 is 3.47. The van der Waals surface area contributed by atoms with Gasteiger partial charge in [-0.2, -0.15) is 10.1 Å². The van der Waals surface area contributed by atoms with Crippen molar-refractivity contribution in [1.29, 1.82) is 0 Å². The van der Waals surface area contributed by atoms with Gasteiger partial charge in [0.15, 0.2) is 0 Å². The highest BCUT2D eigenvalue weighted by atomic mass is 16.4. The van der Waals surface area contributed by atoms with Crippen molar-refractivity contribution in [3.8, 4) is 0 Å². The Bertz CT molecular complexity index is 644. The average Bonchev–Trinajstić information content (AvgIpc) is 2.90. The van der Waals surface area contributed by atoms with Crippen LogP contribution in [0.2, 0.25) is 0 Å². The second kappa shape index (κ2) is 4.08. The first-order chi connectivity index (χ1) is 9.04. The minimum atomic E-state index is -1.11. The molecule has 0 aromatic carbocycles. The lowest BCUT2D eigenvalue weighted by atomic mass is 10.3. The first-order valence-electron chi connectivity index (χ1n) is 5.97. The molecule has 0 bridgehead atoms. The molecule has 0 spiro atoms. The molecule has 0 amide bonds. The standard InChI is InChI=1S/C11H14N6O2/c1-7-5-8-6-16(3-4-17(8)13-7)11-12-9(10(18)19)14-15(11)2/h5H,3-4,6H2,1-2H3,(H,18,19). The summed E-state index contributed by atoms with van der Waals surface area (Å²) in [6, 6.07) is 2.03. The van der Waals surface area contributed by atoms with E-state index in [0.717, 1.165) is 24.5 Å². The highest BCUT2D eigenvalue weighted by molar-refractivity contribution is 5.83. The third kappa shape index (κ3) is 1.94. The number of aromatic carboxylic acids is 1. The molecule has 8 heteroatoms. The molecule has 0 saturated carbocycles. The molecule has 3 heterocycles.